The molecule has 6 aromatic heterocycles. The molecular formula is C104H76BBrN6O4. The summed E-state index contributed by atoms with van der Waals surface area (Å²) < 4.78 is 22.6. The Balaban J connectivity index is 0.000000121. The normalized spacial score (nSPS) is 11.8. The molecule has 16 aromatic carbocycles. The van der Waals surface area contributed by atoms with Gasteiger partial charge in [-0.2, -0.15) is 0 Å². The van der Waals surface area contributed by atoms with Crippen LogP contribution in [0.25, 0.3) is 188 Å². The monoisotopic (exact) mass is 1560 g/mol. The van der Waals surface area contributed by atoms with Gasteiger partial charge in [0.2, 0.25) is 0 Å². The fourth-order valence-corrected chi connectivity index (χ4v) is 16.0. The summed E-state index contributed by atoms with van der Waals surface area (Å²) in [5.74, 6) is 1.85. The topological polar surface area (TPSA) is 112 Å². The molecule has 22 rings (SSSR count). The highest BCUT2D eigenvalue weighted by molar-refractivity contribution is 9.10. The largest absolute Gasteiger partial charge is 0.456 e. The summed E-state index contributed by atoms with van der Waals surface area (Å²) in [5, 5.41) is 27.7. The summed E-state index contributed by atoms with van der Waals surface area (Å²) in [5.41, 5.74) is 25.0. The van der Waals surface area contributed by atoms with Crippen molar-refractivity contribution in [1.82, 2.24) is 28.2 Å². The van der Waals surface area contributed by atoms with Gasteiger partial charge in [0.15, 0.2) is 0 Å². The fraction of sp³-hybridized carbons (Fsp3) is 0.0577. The smallest absolute Gasteiger partial charge is 0.145 e. The van der Waals surface area contributed by atoms with Crippen LogP contribution in [0.2, 0.25) is 0 Å². The highest BCUT2D eigenvalue weighted by atomic mass is 79.9. The van der Waals surface area contributed by atoms with Crippen molar-refractivity contribution in [2.45, 2.75) is 38.9 Å². The lowest BCUT2D eigenvalue weighted by atomic mass is 9.90. The van der Waals surface area contributed by atoms with Crippen molar-refractivity contribution in [1.29, 1.82) is 0 Å². The summed E-state index contributed by atoms with van der Waals surface area (Å²) in [6.07, 6.45) is 0. The summed E-state index contributed by atoms with van der Waals surface area (Å²) in [6.45, 7) is 6.31. The second-order valence-electron chi connectivity index (χ2n) is 30.3. The highest BCUT2D eigenvalue weighted by Gasteiger charge is 2.32. The Bertz CT molecular complexity index is 7400. The molecule has 0 saturated carbocycles. The molecule has 0 spiro atoms. The summed E-state index contributed by atoms with van der Waals surface area (Å²) in [4.78, 5) is 9.87. The van der Waals surface area contributed by atoms with Crippen molar-refractivity contribution in [3.63, 3.8) is 0 Å². The lowest BCUT2D eigenvalue weighted by Gasteiger charge is -2.31. The summed E-state index contributed by atoms with van der Waals surface area (Å²) in [6, 6.07) is 132. The van der Waals surface area contributed by atoms with Gasteiger partial charge in [-0.05, 0) is 225 Å². The lowest BCUT2D eigenvalue weighted by Crippen LogP contribution is -2.44. The third-order valence-electron chi connectivity index (χ3n) is 22.2. The van der Waals surface area contributed by atoms with Crippen LogP contribution >= 0.6 is 15.9 Å². The molecule has 22 aromatic rings. The van der Waals surface area contributed by atoms with Gasteiger partial charge in [-0.1, -0.05) is 234 Å². The maximum Gasteiger partial charge on any atom is 0.145 e. The lowest BCUT2D eigenvalue weighted by molar-refractivity contribution is -0.107. The zero-order valence-electron chi connectivity index (χ0n) is 64.1. The maximum atomic E-state index is 9.10. The van der Waals surface area contributed by atoms with E-state index >= 15 is 0 Å². The van der Waals surface area contributed by atoms with E-state index in [1.54, 1.807) is 27.7 Å². The molecule has 10 nitrogen and oxygen atoms in total. The van der Waals surface area contributed by atoms with Crippen LogP contribution in [0.5, 0.6) is 0 Å². The van der Waals surface area contributed by atoms with Gasteiger partial charge >= 0.3 is 0 Å². The molecule has 116 heavy (non-hydrogen) atoms. The molecular weight excluding hydrogens is 1490 g/mol. The molecule has 6 heterocycles. The van der Waals surface area contributed by atoms with Gasteiger partial charge in [-0.25, -0.2) is 9.97 Å². The van der Waals surface area contributed by atoms with Crippen LogP contribution in [-0.4, -0.2) is 57.5 Å². The van der Waals surface area contributed by atoms with Crippen LogP contribution < -0.4 is 5.46 Å². The Morgan fingerprint density at radius 1 is 0.259 bits per heavy atom. The number of halogens is 1. The van der Waals surface area contributed by atoms with Crippen molar-refractivity contribution >= 4 is 139 Å². The zero-order chi connectivity index (χ0) is 78.8. The Hall–Kier alpha value is -13.9. The van der Waals surface area contributed by atoms with Gasteiger partial charge < -0.3 is 28.2 Å². The fourth-order valence-electron chi connectivity index (χ4n) is 15.6. The van der Waals surface area contributed by atoms with Crippen LogP contribution in [0.4, 0.5) is 0 Å². The van der Waals surface area contributed by atoms with E-state index in [0.717, 1.165) is 132 Å². The number of para-hydroxylation sites is 10. The Labute approximate surface area is 679 Å². The van der Waals surface area contributed by atoms with E-state index < -0.39 is 11.2 Å². The molecule has 0 aliphatic carbocycles. The highest BCUT2D eigenvalue weighted by Crippen LogP contribution is 2.42. The van der Waals surface area contributed by atoms with E-state index in [1.807, 2.05) is 84.9 Å². The number of nitrogens with zero attached hydrogens (tertiary/aromatic N) is 6. The third-order valence-corrected chi connectivity index (χ3v) is 22.7. The van der Waals surface area contributed by atoms with Crippen LogP contribution in [0.15, 0.2) is 389 Å². The summed E-state index contributed by atoms with van der Waals surface area (Å²) >= 11 is 3.59. The van der Waals surface area contributed by atoms with Gasteiger partial charge in [0.25, 0.3) is 0 Å². The van der Waals surface area contributed by atoms with E-state index in [0.29, 0.717) is 0 Å². The predicted octanol–water partition coefficient (Wildman–Crippen LogP) is 26.2. The number of fused-ring (bicyclic) bond motifs is 14. The van der Waals surface area contributed by atoms with E-state index in [4.69, 9.17) is 36.9 Å². The van der Waals surface area contributed by atoms with Crippen LogP contribution in [0.3, 0.4) is 0 Å². The first kappa shape index (κ1) is 72.4. The first-order valence-corrected chi connectivity index (χ1v) is 39.6. The van der Waals surface area contributed by atoms with Crippen molar-refractivity contribution < 1.29 is 19.0 Å². The number of aliphatic hydroxyl groups is 2. The average Bonchev–Trinajstić information content (AvgIpc) is 1.59. The number of rotatable bonds is 10. The minimum absolute atomic E-state index is 0.756. The van der Waals surface area contributed by atoms with Crippen molar-refractivity contribution in [3.8, 4) is 78.9 Å². The molecule has 0 amide bonds. The number of hydrogen-bond donors (Lipinski definition) is 2. The van der Waals surface area contributed by atoms with E-state index in [9.17, 15) is 0 Å². The van der Waals surface area contributed by atoms with Gasteiger partial charge in [0.05, 0.1) is 55.3 Å². The van der Waals surface area contributed by atoms with Crippen LogP contribution in [0.1, 0.15) is 27.7 Å². The zero-order valence-corrected chi connectivity index (χ0v) is 65.7. The standard InChI is InChI=1S/C49H31N3O.C30H18BrNO.C19H13BN2.C6H14O2/c1-3-11-37(12-4-1)51-44-17-9-7-15-39(44)40-29-35(23-26-45(40)51)36-25-28-48-42(31-36)41-30-34(24-27-47(41)53-48)32-19-21-33(22-20-32)49-50-43-16-8-10-18-46(43)52(49)38-13-5-2-6-14-38;31-21-12-15-30-26(18-21)25-17-20(11-14-29(25)33-30)19-10-13-28-24(16-19)23-8-4-5-9-27(23)32(28)22-6-2-1-3-7-22;20-15-12-10-14(11-13-15)19-21-17-8-4-5-9-18(17)22(19)16-6-2-1-3-7-16;1-5(2,7)6(3,4)8/h1-31H;1-18H;1-13H;7-8H,1-4H3. The number of aromatic nitrogens is 6. The number of imidazole rings is 2. The van der Waals surface area contributed by atoms with Crippen molar-refractivity contribution in [2.24, 2.45) is 0 Å². The quantitative estimate of drug-likeness (QED) is 0.132. The maximum absolute atomic E-state index is 9.10. The number of hydrogen-bond acceptors (Lipinski definition) is 6. The van der Waals surface area contributed by atoms with Gasteiger partial charge in [-0.3, -0.25) is 9.13 Å². The SMILES string of the molecule is Brc1ccc2oc3ccc(-c4ccc5c(c4)c4ccccc4n5-c4ccccc4)cc3c2c1.CC(C)(O)C(C)(C)O.[B]c1ccc(-c2nc3ccccc3n2-c2ccccc2)cc1.c1ccc(-n2c(-c3ccc(-c4ccc5oc6ccc(-c7ccc8c(c7)c7ccccc7n8-c7ccccc7)cc6c5c4)cc3)nc3ccccc32)cc1. The average molecular weight is 1560 g/mol. The number of furan rings is 2. The van der Waals surface area contributed by atoms with Gasteiger partial charge in [0.1, 0.15) is 41.8 Å². The molecule has 0 aliphatic rings. The van der Waals surface area contributed by atoms with E-state index in [2.05, 4.69) is 325 Å². The first-order chi connectivity index (χ1) is 56.6. The molecule has 12 heteroatoms. The minimum atomic E-state index is -1.01. The number of benzene rings is 16. The molecule has 2 N–H and O–H groups in total. The third kappa shape index (κ3) is 13.6. The molecule has 0 bridgehead atoms. The van der Waals surface area contributed by atoms with E-state index in [-0.39, 0.29) is 0 Å². The predicted molar refractivity (Wildman–Crippen MR) is 485 cm³/mol. The Morgan fingerprint density at radius 2 is 0.534 bits per heavy atom. The second kappa shape index (κ2) is 29.9. The summed E-state index contributed by atoms with van der Waals surface area (Å²) in [7, 11) is 5.80. The molecule has 0 aliphatic heterocycles. The van der Waals surface area contributed by atoms with Crippen molar-refractivity contribution in [2.75, 3.05) is 0 Å². The molecule has 0 unspecified atom stereocenters. The van der Waals surface area contributed by atoms with Crippen molar-refractivity contribution in [3.05, 3.63) is 381 Å². The van der Waals surface area contributed by atoms with Crippen LogP contribution in [-0.2, 0) is 0 Å². The van der Waals surface area contributed by atoms with E-state index in [1.165, 1.54) is 66.0 Å². The van der Waals surface area contributed by atoms with Gasteiger partial charge in [0, 0.05) is 81.4 Å². The molecule has 0 saturated heterocycles. The molecule has 0 atom stereocenters. The molecule has 2 radical (unpaired) electrons. The molecule has 0 fully saturated rings. The molecule has 556 valence electrons. The van der Waals surface area contributed by atoms with Crippen LogP contribution in [0, 0.1) is 0 Å². The Kier molecular flexibility index (Phi) is 18.7. The first-order valence-electron chi connectivity index (χ1n) is 38.8. The second-order valence-corrected chi connectivity index (χ2v) is 31.2. The Morgan fingerprint density at radius 3 is 0.922 bits per heavy atom. The minimum Gasteiger partial charge on any atom is -0.456 e. The van der Waals surface area contributed by atoms with Gasteiger partial charge in [-0.15, -0.1) is 0 Å².